The average molecular weight is 357 g/mol. The molecular weight excluding hydrogens is 344 g/mol. The maximum absolute atomic E-state index is 12.2. The molecule has 0 spiro atoms. The minimum absolute atomic E-state index is 0.142. The van der Waals surface area contributed by atoms with Gasteiger partial charge in [0.15, 0.2) is 5.82 Å². The van der Waals surface area contributed by atoms with Gasteiger partial charge < -0.3 is 5.32 Å². The fourth-order valence-corrected chi connectivity index (χ4v) is 2.46. The van der Waals surface area contributed by atoms with Gasteiger partial charge in [-0.2, -0.15) is 5.10 Å². The quantitative estimate of drug-likeness (QED) is 0.557. The highest BCUT2D eigenvalue weighted by Crippen LogP contribution is 2.17. The maximum atomic E-state index is 12.2. The molecule has 126 valence electrons. The summed E-state index contributed by atoms with van der Waals surface area (Å²) in [6, 6.07) is 14.6. The molecule has 1 amide bonds. The third kappa shape index (κ3) is 4.02. The van der Waals surface area contributed by atoms with Gasteiger partial charge in [0.2, 0.25) is 0 Å². The molecule has 0 fully saturated rings. The Bertz CT molecular complexity index is 939. The lowest BCUT2D eigenvalue weighted by Crippen LogP contribution is -2.13. The number of carbonyl (C=O) groups is 1. The highest BCUT2D eigenvalue weighted by Gasteiger charge is 2.13. The second kappa shape index (κ2) is 7.14. The Hall–Kier alpha value is -3.19. The first-order chi connectivity index (χ1) is 12.0. The van der Waals surface area contributed by atoms with Crippen LogP contribution in [0.1, 0.15) is 15.9 Å². The molecule has 2 aromatic carbocycles. The number of nitro groups is 1. The predicted molar refractivity (Wildman–Crippen MR) is 93.8 cm³/mol. The Balaban J connectivity index is 1.71. The smallest absolute Gasteiger partial charge is 0.270 e. The molecular formula is C17H13ClN4O3. The molecule has 1 heterocycles. The molecule has 7 nitrogen and oxygen atoms in total. The lowest BCUT2D eigenvalue weighted by molar-refractivity contribution is -0.384. The van der Waals surface area contributed by atoms with Crippen molar-refractivity contribution in [2.75, 3.05) is 5.32 Å². The second-order valence-electron chi connectivity index (χ2n) is 5.25. The van der Waals surface area contributed by atoms with Crippen LogP contribution in [0.5, 0.6) is 0 Å². The maximum Gasteiger partial charge on any atom is 0.270 e. The summed E-state index contributed by atoms with van der Waals surface area (Å²) in [6.45, 7) is 0.465. The Morgan fingerprint density at radius 1 is 1.20 bits per heavy atom. The predicted octanol–water partition coefficient (Wildman–Crippen LogP) is 3.75. The molecule has 0 aliphatic heterocycles. The zero-order valence-corrected chi connectivity index (χ0v) is 13.7. The average Bonchev–Trinajstić information content (AvgIpc) is 3.04. The van der Waals surface area contributed by atoms with Crippen molar-refractivity contribution in [1.82, 2.24) is 9.78 Å². The standard InChI is InChI=1S/C17H13ClN4O3/c18-15-7-2-1-4-13(15)11-21-9-8-16(20-21)19-17(23)12-5-3-6-14(10-12)22(24)25/h1-10H,11H2,(H,19,20,23). The topological polar surface area (TPSA) is 90.1 Å². The number of hydrogen-bond acceptors (Lipinski definition) is 4. The Kier molecular flexibility index (Phi) is 4.76. The van der Waals surface area contributed by atoms with E-state index in [4.69, 9.17) is 11.6 Å². The number of rotatable bonds is 5. The second-order valence-corrected chi connectivity index (χ2v) is 5.66. The molecule has 1 N–H and O–H groups in total. The van der Waals surface area contributed by atoms with Gasteiger partial charge in [-0.15, -0.1) is 0 Å². The molecule has 3 rings (SSSR count). The third-order valence-corrected chi connectivity index (χ3v) is 3.86. The van der Waals surface area contributed by atoms with Crippen molar-refractivity contribution < 1.29 is 9.72 Å². The van der Waals surface area contributed by atoms with Crippen molar-refractivity contribution in [2.45, 2.75) is 6.54 Å². The number of nitrogens with zero attached hydrogens (tertiary/aromatic N) is 3. The van der Waals surface area contributed by atoms with Crippen LogP contribution in [0.3, 0.4) is 0 Å². The van der Waals surface area contributed by atoms with Crippen LogP contribution in [-0.4, -0.2) is 20.6 Å². The summed E-state index contributed by atoms with van der Waals surface area (Å²) >= 11 is 6.12. The molecule has 0 unspecified atom stereocenters. The molecule has 0 atom stereocenters. The van der Waals surface area contributed by atoms with Crippen molar-refractivity contribution in [3.05, 3.63) is 87.1 Å². The Labute approximate surface area is 148 Å². The molecule has 1 aromatic heterocycles. The van der Waals surface area contributed by atoms with Crippen LogP contribution in [0.25, 0.3) is 0 Å². The summed E-state index contributed by atoms with van der Waals surface area (Å²) < 4.78 is 1.64. The number of hydrogen-bond donors (Lipinski definition) is 1. The van der Waals surface area contributed by atoms with Gasteiger partial charge in [-0.05, 0) is 17.7 Å². The number of anilines is 1. The summed E-state index contributed by atoms with van der Waals surface area (Å²) in [5.41, 5.74) is 0.954. The van der Waals surface area contributed by atoms with E-state index >= 15 is 0 Å². The van der Waals surface area contributed by atoms with E-state index in [2.05, 4.69) is 10.4 Å². The largest absolute Gasteiger partial charge is 0.305 e. The SMILES string of the molecule is O=C(Nc1ccn(Cc2ccccc2Cl)n1)c1cccc([N+](=O)[O-])c1. The monoisotopic (exact) mass is 356 g/mol. The summed E-state index contributed by atoms with van der Waals surface area (Å²) in [5.74, 6) is -0.116. The van der Waals surface area contributed by atoms with Crippen LogP contribution in [0.4, 0.5) is 11.5 Å². The molecule has 0 saturated carbocycles. The van der Waals surface area contributed by atoms with Gasteiger partial charge in [0.25, 0.3) is 11.6 Å². The Morgan fingerprint density at radius 2 is 2.00 bits per heavy atom. The summed E-state index contributed by atoms with van der Waals surface area (Å²) in [7, 11) is 0. The van der Waals surface area contributed by atoms with Crippen molar-refractivity contribution >= 4 is 29.0 Å². The number of halogens is 1. The normalized spacial score (nSPS) is 10.4. The number of benzene rings is 2. The molecule has 3 aromatic rings. The van der Waals surface area contributed by atoms with E-state index in [9.17, 15) is 14.9 Å². The number of nitro benzene ring substituents is 1. The summed E-state index contributed by atoms with van der Waals surface area (Å²) in [6.07, 6.45) is 1.71. The van der Waals surface area contributed by atoms with Gasteiger partial charge in [0, 0.05) is 35.0 Å². The number of non-ortho nitro benzene ring substituents is 1. The minimum Gasteiger partial charge on any atom is -0.305 e. The molecule has 0 aliphatic rings. The fraction of sp³-hybridized carbons (Fsp3) is 0.0588. The number of aromatic nitrogens is 2. The first kappa shape index (κ1) is 16.7. The van der Waals surface area contributed by atoms with Crippen molar-refractivity contribution in [3.8, 4) is 0 Å². The number of carbonyl (C=O) groups excluding carboxylic acids is 1. The number of nitrogens with one attached hydrogen (secondary N) is 1. The first-order valence-corrected chi connectivity index (χ1v) is 7.73. The van der Waals surface area contributed by atoms with E-state index in [0.29, 0.717) is 17.4 Å². The van der Waals surface area contributed by atoms with Gasteiger partial charge >= 0.3 is 0 Å². The van der Waals surface area contributed by atoms with Gasteiger partial charge in [0.05, 0.1) is 11.5 Å². The highest BCUT2D eigenvalue weighted by atomic mass is 35.5. The van der Waals surface area contributed by atoms with Gasteiger partial charge in [-0.3, -0.25) is 19.6 Å². The molecule has 25 heavy (non-hydrogen) atoms. The van der Waals surface area contributed by atoms with Gasteiger partial charge in [0.1, 0.15) is 0 Å². The number of amides is 1. The van der Waals surface area contributed by atoms with E-state index < -0.39 is 10.8 Å². The van der Waals surface area contributed by atoms with Crippen LogP contribution in [0.2, 0.25) is 5.02 Å². The summed E-state index contributed by atoms with van der Waals surface area (Å²) in [4.78, 5) is 22.4. The van der Waals surface area contributed by atoms with Crippen molar-refractivity contribution in [3.63, 3.8) is 0 Å². The lowest BCUT2D eigenvalue weighted by Gasteiger charge is -2.04. The van der Waals surface area contributed by atoms with Crippen LogP contribution < -0.4 is 5.32 Å². The van der Waals surface area contributed by atoms with Crippen LogP contribution in [-0.2, 0) is 6.54 Å². The fourth-order valence-electron chi connectivity index (χ4n) is 2.27. The zero-order chi connectivity index (χ0) is 17.8. The van der Waals surface area contributed by atoms with Crippen molar-refractivity contribution in [1.29, 1.82) is 0 Å². The molecule has 0 saturated heterocycles. The van der Waals surface area contributed by atoms with E-state index in [1.54, 1.807) is 23.0 Å². The van der Waals surface area contributed by atoms with Gasteiger partial charge in [-0.1, -0.05) is 35.9 Å². The molecule has 0 radical (unpaired) electrons. The van der Waals surface area contributed by atoms with Crippen LogP contribution >= 0.6 is 11.6 Å². The zero-order valence-electron chi connectivity index (χ0n) is 12.9. The molecule has 8 heteroatoms. The minimum atomic E-state index is -0.547. The Morgan fingerprint density at radius 3 is 2.76 bits per heavy atom. The van der Waals surface area contributed by atoms with Crippen molar-refractivity contribution in [2.24, 2.45) is 0 Å². The molecule has 0 bridgehead atoms. The lowest BCUT2D eigenvalue weighted by atomic mass is 10.2. The van der Waals surface area contributed by atoms with Crippen LogP contribution in [0, 0.1) is 10.1 Å². The van der Waals surface area contributed by atoms with E-state index in [1.165, 1.54) is 24.3 Å². The molecule has 0 aliphatic carbocycles. The van der Waals surface area contributed by atoms with E-state index in [0.717, 1.165) is 5.56 Å². The highest BCUT2D eigenvalue weighted by molar-refractivity contribution is 6.31. The third-order valence-electron chi connectivity index (χ3n) is 3.49. The van der Waals surface area contributed by atoms with Crippen LogP contribution in [0.15, 0.2) is 60.8 Å². The summed E-state index contributed by atoms with van der Waals surface area (Å²) in [5, 5.41) is 18.3. The van der Waals surface area contributed by atoms with E-state index in [1.807, 2.05) is 18.2 Å². The first-order valence-electron chi connectivity index (χ1n) is 7.35. The van der Waals surface area contributed by atoms with E-state index in [-0.39, 0.29) is 11.3 Å². The van der Waals surface area contributed by atoms with Gasteiger partial charge in [-0.25, -0.2) is 0 Å².